The molecule has 2 aromatic carbocycles. The van der Waals surface area contributed by atoms with Gasteiger partial charge in [0.1, 0.15) is 5.56 Å². The third-order valence-electron chi connectivity index (χ3n) is 6.15. The molecule has 2 N–H and O–H groups in total. The first-order valence-corrected chi connectivity index (χ1v) is 11.5. The molecule has 1 amide bonds. The molecule has 2 aromatic heterocycles. The van der Waals surface area contributed by atoms with Crippen LogP contribution in [-0.4, -0.2) is 33.5 Å². The number of benzene rings is 2. The van der Waals surface area contributed by atoms with Crippen LogP contribution in [0, 0.1) is 11.6 Å². The van der Waals surface area contributed by atoms with Gasteiger partial charge in [-0.15, -0.1) is 0 Å². The van der Waals surface area contributed by atoms with E-state index < -0.39 is 23.1 Å². The van der Waals surface area contributed by atoms with E-state index in [0.29, 0.717) is 5.56 Å². The Morgan fingerprint density at radius 3 is 2.75 bits per heavy atom. The van der Waals surface area contributed by atoms with Crippen LogP contribution in [0.3, 0.4) is 0 Å². The summed E-state index contributed by atoms with van der Waals surface area (Å²) in [5.41, 5.74) is 3.79. The van der Waals surface area contributed by atoms with Gasteiger partial charge < -0.3 is 10.6 Å². The number of amides is 1. The lowest BCUT2D eigenvalue weighted by molar-refractivity contribution is 0.0948. The summed E-state index contributed by atoms with van der Waals surface area (Å²) in [4.78, 5) is 34.1. The highest BCUT2D eigenvalue weighted by Gasteiger charge is 2.15. The molecule has 7 nitrogen and oxygen atoms in total. The lowest BCUT2D eigenvalue weighted by Crippen LogP contribution is -2.33. The molecule has 36 heavy (non-hydrogen) atoms. The van der Waals surface area contributed by atoms with Gasteiger partial charge in [-0.3, -0.25) is 19.1 Å². The maximum atomic E-state index is 13.5. The summed E-state index contributed by atoms with van der Waals surface area (Å²) >= 11 is 0. The van der Waals surface area contributed by atoms with E-state index in [4.69, 9.17) is 0 Å². The molecule has 3 heterocycles. The Balaban J connectivity index is 1.34. The van der Waals surface area contributed by atoms with Gasteiger partial charge in [0.15, 0.2) is 11.6 Å². The zero-order valence-corrected chi connectivity index (χ0v) is 19.3. The number of aromatic nitrogens is 3. The number of hydrogen-bond acceptors (Lipinski definition) is 5. The second-order valence-corrected chi connectivity index (χ2v) is 8.57. The Bertz CT molecular complexity index is 1550. The number of hydrogen-bond donors (Lipinski definition) is 2. The molecule has 0 bridgehead atoms. The van der Waals surface area contributed by atoms with Crippen LogP contribution in [-0.2, 0) is 13.1 Å². The number of nitrogens with one attached hydrogen (secondary N) is 2. The molecule has 0 fully saturated rings. The van der Waals surface area contributed by atoms with Crippen molar-refractivity contribution in [3.05, 3.63) is 112 Å². The maximum Gasteiger partial charge on any atom is 0.266 e. The molecule has 0 radical (unpaired) electrons. The Morgan fingerprint density at radius 2 is 1.94 bits per heavy atom. The van der Waals surface area contributed by atoms with E-state index in [2.05, 4.69) is 26.7 Å². The molecule has 0 spiro atoms. The molecule has 182 valence electrons. The Morgan fingerprint density at radius 1 is 1.08 bits per heavy atom. The van der Waals surface area contributed by atoms with Gasteiger partial charge in [-0.25, -0.2) is 13.8 Å². The van der Waals surface area contributed by atoms with Crippen molar-refractivity contribution in [1.82, 2.24) is 25.2 Å². The van der Waals surface area contributed by atoms with Crippen molar-refractivity contribution < 1.29 is 13.6 Å². The minimum absolute atomic E-state index is 0.0457. The van der Waals surface area contributed by atoms with Crippen molar-refractivity contribution in [2.75, 3.05) is 13.1 Å². The van der Waals surface area contributed by atoms with Crippen LogP contribution >= 0.6 is 0 Å². The largest absolute Gasteiger partial charge is 0.348 e. The van der Waals surface area contributed by atoms with E-state index in [-0.39, 0.29) is 18.7 Å². The summed E-state index contributed by atoms with van der Waals surface area (Å²) in [6.45, 7) is 1.91. The molecule has 0 atom stereocenters. The topological polar surface area (TPSA) is 88.9 Å². The summed E-state index contributed by atoms with van der Waals surface area (Å²) in [6.07, 6.45) is 7.37. The lowest BCUT2D eigenvalue weighted by Gasteiger charge is -2.16. The summed E-state index contributed by atoms with van der Waals surface area (Å²) in [5.74, 6) is -2.55. The first kappa shape index (κ1) is 23.5. The third kappa shape index (κ3) is 4.92. The molecule has 1 aliphatic rings. The molecule has 0 saturated carbocycles. The van der Waals surface area contributed by atoms with Crippen molar-refractivity contribution in [3.63, 3.8) is 0 Å². The van der Waals surface area contributed by atoms with Crippen molar-refractivity contribution in [2.45, 2.75) is 19.5 Å². The van der Waals surface area contributed by atoms with Crippen LogP contribution in [0.15, 0.2) is 72.1 Å². The fourth-order valence-electron chi connectivity index (χ4n) is 4.28. The van der Waals surface area contributed by atoms with E-state index >= 15 is 0 Å². The van der Waals surface area contributed by atoms with Gasteiger partial charge in [-0.2, -0.15) is 0 Å². The Labute approximate surface area is 205 Å². The summed E-state index contributed by atoms with van der Waals surface area (Å²) in [7, 11) is 0. The Kier molecular flexibility index (Phi) is 6.64. The zero-order valence-electron chi connectivity index (χ0n) is 19.3. The van der Waals surface area contributed by atoms with Crippen LogP contribution in [0.4, 0.5) is 8.78 Å². The molecule has 0 aliphatic carbocycles. The van der Waals surface area contributed by atoms with E-state index in [1.165, 1.54) is 28.7 Å². The number of halogens is 2. The number of nitrogens with zero attached hydrogens (tertiary/aromatic N) is 3. The van der Waals surface area contributed by atoms with Crippen molar-refractivity contribution in [1.29, 1.82) is 0 Å². The van der Waals surface area contributed by atoms with Gasteiger partial charge in [0.25, 0.3) is 11.5 Å². The summed E-state index contributed by atoms with van der Waals surface area (Å²) < 4.78 is 27.9. The lowest BCUT2D eigenvalue weighted by atomic mass is 9.96. The average molecular weight is 488 g/mol. The predicted octanol–water partition coefficient (Wildman–Crippen LogP) is 3.42. The van der Waals surface area contributed by atoms with Gasteiger partial charge in [-0.05, 0) is 65.6 Å². The zero-order chi connectivity index (χ0) is 25.1. The maximum absolute atomic E-state index is 13.5. The normalized spacial score (nSPS) is 13.4. The Hall–Kier alpha value is -4.24. The first-order valence-electron chi connectivity index (χ1n) is 11.5. The third-order valence-corrected chi connectivity index (χ3v) is 6.15. The smallest absolute Gasteiger partial charge is 0.266 e. The van der Waals surface area contributed by atoms with Crippen molar-refractivity contribution >= 4 is 22.4 Å². The monoisotopic (exact) mass is 487 g/mol. The molecular weight excluding hydrogens is 464 g/mol. The number of rotatable bonds is 6. The SMILES string of the molecule is O=C(NCc1ccc2nccc(C3=CCNCC3)c2c1)c1cncn(Cc2ccc(F)c(F)c2)c1=O. The molecule has 0 saturated heterocycles. The highest BCUT2D eigenvalue weighted by atomic mass is 19.2. The van der Waals surface area contributed by atoms with Crippen LogP contribution in [0.25, 0.3) is 16.5 Å². The highest BCUT2D eigenvalue weighted by Crippen LogP contribution is 2.27. The van der Waals surface area contributed by atoms with Gasteiger partial charge in [0, 0.05) is 30.9 Å². The van der Waals surface area contributed by atoms with Crippen LogP contribution < -0.4 is 16.2 Å². The molecule has 5 rings (SSSR count). The van der Waals surface area contributed by atoms with Gasteiger partial charge >= 0.3 is 0 Å². The van der Waals surface area contributed by atoms with Crippen LogP contribution in [0.2, 0.25) is 0 Å². The fraction of sp³-hybridized carbons (Fsp3) is 0.185. The molecule has 0 unspecified atom stereocenters. The number of pyridine rings is 1. The number of carbonyl (C=O) groups excluding carboxylic acids is 1. The molecule has 9 heteroatoms. The second-order valence-electron chi connectivity index (χ2n) is 8.57. The van der Waals surface area contributed by atoms with Crippen molar-refractivity contribution in [2.24, 2.45) is 0 Å². The highest BCUT2D eigenvalue weighted by molar-refractivity contribution is 5.94. The molecule has 1 aliphatic heterocycles. The number of fused-ring (bicyclic) bond motifs is 1. The van der Waals surface area contributed by atoms with Crippen molar-refractivity contribution in [3.8, 4) is 0 Å². The van der Waals surface area contributed by atoms with Gasteiger partial charge in [0.2, 0.25) is 0 Å². The molecule has 4 aromatic rings. The van der Waals surface area contributed by atoms with Gasteiger partial charge in [-0.1, -0.05) is 18.2 Å². The fourth-order valence-corrected chi connectivity index (χ4v) is 4.28. The van der Waals surface area contributed by atoms with Crippen LogP contribution in [0.1, 0.15) is 33.5 Å². The quantitative estimate of drug-likeness (QED) is 0.435. The van der Waals surface area contributed by atoms with E-state index in [0.717, 1.165) is 53.7 Å². The second kappa shape index (κ2) is 10.2. The summed E-state index contributed by atoms with van der Waals surface area (Å²) in [6, 6.07) is 11.2. The minimum atomic E-state index is -1.01. The summed E-state index contributed by atoms with van der Waals surface area (Å²) in [5, 5.41) is 7.10. The van der Waals surface area contributed by atoms with E-state index in [9.17, 15) is 18.4 Å². The van der Waals surface area contributed by atoms with E-state index in [1.807, 2.05) is 24.3 Å². The predicted molar refractivity (Wildman–Crippen MR) is 132 cm³/mol. The molecular formula is C27H23F2N5O2. The first-order chi connectivity index (χ1) is 17.5. The number of carbonyl (C=O) groups is 1. The van der Waals surface area contributed by atoms with E-state index in [1.54, 1.807) is 6.20 Å². The van der Waals surface area contributed by atoms with Crippen LogP contribution in [0.5, 0.6) is 0 Å². The minimum Gasteiger partial charge on any atom is -0.348 e. The average Bonchev–Trinajstić information content (AvgIpc) is 2.90. The standard InChI is InChI=1S/C27H23F2N5O2/c28-23-3-1-18(12-24(23)29)15-34-16-31-14-22(27(34)36)26(35)33-13-17-2-4-25-21(11-17)20(7-10-32-25)19-5-8-30-9-6-19/h1-5,7,10-12,14,16,30H,6,8-9,13,15H2,(H,33,35). The van der Waals surface area contributed by atoms with Gasteiger partial charge in [0.05, 0.1) is 18.4 Å².